The quantitative estimate of drug-likeness (QED) is 0.449. The normalized spacial score (nSPS) is 11.2. The first kappa shape index (κ1) is 16.8. The molecule has 4 heteroatoms. The molecule has 0 N–H and O–H groups in total. The number of ether oxygens (including phenoxy) is 1. The van der Waals surface area contributed by atoms with Crippen LogP contribution >= 0.6 is 7.80 Å². The number of carbonyl (C=O) groups excluding carboxylic acids is 1. The minimum absolute atomic E-state index is 0.286. The van der Waals surface area contributed by atoms with Crippen molar-refractivity contribution >= 4 is 13.3 Å². The first-order valence-corrected chi connectivity index (χ1v) is 8.77. The molecule has 1 aromatic rings. The lowest BCUT2D eigenvalue weighted by atomic mass is 10.1. The zero-order valence-electron chi connectivity index (χ0n) is 12.4. The van der Waals surface area contributed by atoms with Crippen LogP contribution in [0.5, 0.6) is 5.75 Å². The van der Waals surface area contributed by atoms with Gasteiger partial charge < -0.3 is 4.74 Å². The summed E-state index contributed by atoms with van der Waals surface area (Å²) in [5.41, 5.74) is 0.146. The van der Waals surface area contributed by atoms with Gasteiger partial charge in [0.05, 0.1) is 7.11 Å². The Bertz CT molecular complexity index is 443. The van der Waals surface area contributed by atoms with E-state index in [1.807, 2.05) is 0 Å². The number of para-hydroxylation sites is 1. The Labute approximate surface area is 122 Å². The maximum Gasteiger partial charge on any atom is 0.420 e. The molecular weight excluding hydrogens is 271 g/mol. The van der Waals surface area contributed by atoms with Crippen LogP contribution in [0.3, 0.4) is 0 Å². The molecule has 0 aliphatic rings. The summed E-state index contributed by atoms with van der Waals surface area (Å²) in [6, 6.07) is 6.97. The summed E-state index contributed by atoms with van der Waals surface area (Å²) in [5, 5.41) is 0. The van der Waals surface area contributed by atoms with Crippen LogP contribution in [-0.2, 0) is 4.57 Å². The van der Waals surface area contributed by atoms with E-state index in [-0.39, 0.29) is 5.52 Å². The van der Waals surface area contributed by atoms with Crippen LogP contribution < -0.4 is 4.74 Å². The fourth-order valence-electron chi connectivity index (χ4n) is 2.09. The van der Waals surface area contributed by atoms with Gasteiger partial charge in [-0.1, -0.05) is 49.3 Å². The largest absolute Gasteiger partial charge is 0.496 e. The Hall–Kier alpha value is -1.21. The fourth-order valence-corrected chi connectivity index (χ4v) is 3.26. The molecule has 0 amide bonds. The van der Waals surface area contributed by atoms with E-state index in [1.165, 1.54) is 32.8 Å². The lowest BCUT2D eigenvalue weighted by molar-refractivity contribution is 0.107. The Kier molecular flexibility index (Phi) is 8.13. The molecule has 0 aliphatic carbocycles. The average Bonchev–Trinajstić information content (AvgIpc) is 2.49. The van der Waals surface area contributed by atoms with Gasteiger partial charge in [-0.25, -0.2) is 4.79 Å². The van der Waals surface area contributed by atoms with Crippen LogP contribution in [0, 0.1) is 0 Å². The van der Waals surface area contributed by atoms with Crippen LogP contribution in [0.25, 0.3) is 0 Å². The topological polar surface area (TPSA) is 43.4 Å². The van der Waals surface area contributed by atoms with Crippen LogP contribution in [0.2, 0.25) is 0 Å². The molecule has 0 bridgehead atoms. The van der Waals surface area contributed by atoms with Crippen molar-refractivity contribution in [2.24, 2.45) is 0 Å². The van der Waals surface area contributed by atoms with Crippen LogP contribution in [0.1, 0.15) is 55.8 Å². The van der Waals surface area contributed by atoms with E-state index in [0.717, 1.165) is 12.8 Å². The van der Waals surface area contributed by atoms with E-state index < -0.39 is 7.80 Å². The summed E-state index contributed by atoms with van der Waals surface area (Å²) in [6.45, 7) is 2.18. The third kappa shape index (κ3) is 5.42. The maximum absolute atomic E-state index is 12.1. The van der Waals surface area contributed by atoms with Crippen LogP contribution in [-0.4, -0.2) is 18.8 Å². The van der Waals surface area contributed by atoms with Gasteiger partial charge >= 0.3 is 13.3 Å². The minimum Gasteiger partial charge on any atom is -0.496 e. The number of hydrogen-bond donors (Lipinski definition) is 0. The van der Waals surface area contributed by atoms with E-state index in [9.17, 15) is 9.36 Å². The van der Waals surface area contributed by atoms with Crippen molar-refractivity contribution < 1.29 is 14.1 Å². The molecule has 1 aromatic carbocycles. The Morgan fingerprint density at radius 1 is 1.10 bits per heavy atom. The maximum atomic E-state index is 12.1. The molecule has 20 heavy (non-hydrogen) atoms. The van der Waals surface area contributed by atoms with Gasteiger partial charge in [-0.2, -0.15) is 0 Å². The molecule has 1 rings (SSSR count). The first-order valence-electron chi connectivity index (χ1n) is 7.32. The van der Waals surface area contributed by atoms with E-state index in [2.05, 4.69) is 6.92 Å². The van der Waals surface area contributed by atoms with Crippen molar-refractivity contribution in [2.45, 2.75) is 45.4 Å². The van der Waals surface area contributed by atoms with Crippen LogP contribution in [0.4, 0.5) is 0 Å². The predicted octanol–water partition coefficient (Wildman–Crippen LogP) is 5.02. The summed E-state index contributed by atoms with van der Waals surface area (Å²) < 4.78 is 17.2. The molecule has 0 heterocycles. The zero-order chi connectivity index (χ0) is 14.8. The van der Waals surface area contributed by atoms with Gasteiger partial charge in [-0.05, 0) is 25.0 Å². The summed E-state index contributed by atoms with van der Waals surface area (Å²) in [5.74, 6) is 0.504. The number of unbranched alkanes of at least 4 members (excludes halogenated alkanes) is 5. The highest BCUT2D eigenvalue weighted by atomic mass is 31.1. The molecule has 0 fully saturated rings. The molecule has 0 aliphatic heterocycles. The van der Waals surface area contributed by atoms with Gasteiger partial charge in [0, 0.05) is 0 Å². The monoisotopic (exact) mass is 295 g/mol. The molecule has 1 unspecified atom stereocenters. The SMILES string of the molecule is CCCCCCCC[P+](=O)C(=O)c1ccccc1OC. The van der Waals surface area contributed by atoms with Crippen molar-refractivity contribution in [3.8, 4) is 5.75 Å². The lowest BCUT2D eigenvalue weighted by Crippen LogP contribution is -1.99. The smallest absolute Gasteiger partial charge is 0.420 e. The van der Waals surface area contributed by atoms with Crippen molar-refractivity contribution in [1.29, 1.82) is 0 Å². The van der Waals surface area contributed by atoms with Crippen molar-refractivity contribution in [2.75, 3.05) is 13.3 Å². The van der Waals surface area contributed by atoms with Crippen LogP contribution in [0.15, 0.2) is 24.3 Å². The van der Waals surface area contributed by atoms with E-state index in [1.54, 1.807) is 24.3 Å². The van der Waals surface area contributed by atoms with Gasteiger partial charge in [0.15, 0.2) is 6.16 Å². The number of methoxy groups -OCH3 is 1. The fraction of sp³-hybridized carbons (Fsp3) is 0.562. The Morgan fingerprint density at radius 2 is 1.75 bits per heavy atom. The summed E-state index contributed by atoms with van der Waals surface area (Å²) in [7, 11) is -0.313. The van der Waals surface area contributed by atoms with Crippen molar-refractivity contribution in [3.63, 3.8) is 0 Å². The molecule has 0 radical (unpaired) electrons. The minimum atomic E-state index is -1.83. The number of hydrogen-bond acceptors (Lipinski definition) is 3. The molecule has 0 saturated carbocycles. The standard InChI is InChI=1S/C16H24O3P/c1-3-4-5-6-7-10-13-20(18)16(17)14-11-8-9-12-15(14)19-2/h8-9,11-12H,3-7,10,13H2,1-2H3/q+1. The number of benzene rings is 1. The molecule has 1 atom stereocenters. The van der Waals surface area contributed by atoms with Gasteiger partial charge in [0.2, 0.25) is 0 Å². The van der Waals surface area contributed by atoms with E-state index in [0.29, 0.717) is 17.5 Å². The second-order valence-electron chi connectivity index (χ2n) is 4.88. The highest BCUT2D eigenvalue weighted by molar-refractivity contribution is 7.64. The second-order valence-corrected chi connectivity index (χ2v) is 6.49. The van der Waals surface area contributed by atoms with Gasteiger partial charge in [0.1, 0.15) is 11.3 Å². The molecule has 0 aromatic heterocycles. The van der Waals surface area contributed by atoms with Crippen molar-refractivity contribution in [1.82, 2.24) is 0 Å². The van der Waals surface area contributed by atoms with Gasteiger partial charge in [-0.15, -0.1) is 0 Å². The number of carbonyl (C=O) groups is 1. The van der Waals surface area contributed by atoms with Gasteiger partial charge in [-0.3, -0.25) is 0 Å². The summed E-state index contributed by atoms with van der Waals surface area (Å²) in [6.07, 6.45) is 7.28. The molecular formula is C16H24O3P+. The number of rotatable bonds is 10. The third-order valence-corrected chi connectivity index (χ3v) is 4.70. The van der Waals surface area contributed by atoms with E-state index in [4.69, 9.17) is 4.74 Å². The Morgan fingerprint density at radius 3 is 2.45 bits per heavy atom. The first-order chi connectivity index (χ1) is 9.70. The lowest BCUT2D eigenvalue weighted by Gasteiger charge is -2.01. The summed E-state index contributed by atoms with van der Waals surface area (Å²) >= 11 is 0. The summed E-state index contributed by atoms with van der Waals surface area (Å²) in [4.78, 5) is 12.1. The third-order valence-electron chi connectivity index (χ3n) is 3.28. The predicted molar refractivity (Wildman–Crippen MR) is 83.2 cm³/mol. The van der Waals surface area contributed by atoms with Gasteiger partial charge in [0.25, 0.3) is 0 Å². The highest BCUT2D eigenvalue weighted by Gasteiger charge is 2.31. The van der Waals surface area contributed by atoms with E-state index >= 15 is 0 Å². The second kappa shape index (κ2) is 9.66. The molecule has 110 valence electrons. The molecule has 0 spiro atoms. The average molecular weight is 295 g/mol. The van der Waals surface area contributed by atoms with Crippen molar-refractivity contribution in [3.05, 3.63) is 29.8 Å². The zero-order valence-corrected chi connectivity index (χ0v) is 13.3. The Balaban J connectivity index is 2.41. The molecule has 0 saturated heterocycles. The highest BCUT2D eigenvalue weighted by Crippen LogP contribution is 2.32. The molecule has 3 nitrogen and oxygen atoms in total.